The summed E-state index contributed by atoms with van der Waals surface area (Å²) >= 11 is 0. The predicted molar refractivity (Wildman–Crippen MR) is 58.5 cm³/mol. The van der Waals surface area contributed by atoms with Crippen molar-refractivity contribution in [1.82, 2.24) is 10.2 Å². The monoisotopic (exact) mass is 211 g/mol. The van der Waals surface area contributed by atoms with Crippen molar-refractivity contribution in [3.63, 3.8) is 0 Å². The zero-order valence-electron chi connectivity index (χ0n) is 9.24. The van der Waals surface area contributed by atoms with Gasteiger partial charge in [-0.2, -0.15) is 4.99 Å². The smallest absolute Gasteiger partial charge is 0.249 e. The summed E-state index contributed by atoms with van der Waals surface area (Å²) in [6, 6.07) is -0.205. The average molecular weight is 211 g/mol. The first-order valence-corrected chi connectivity index (χ1v) is 4.88. The summed E-state index contributed by atoms with van der Waals surface area (Å²) in [6.07, 6.45) is 0.763. The molecule has 6 heteroatoms. The summed E-state index contributed by atoms with van der Waals surface area (Å²) in [4.78, 5) is 17.0. The van der Waals surface area contributed by atoms with Crippen LogP contribution >= 0.6 is 0 Å². The SMILES string of the molecule is CC(C)C[C@H]1C(=O)N/C(=N\C(=N)N)N1C. The van der Waals surface area contributed by atoms with Crippen LogP contribution in [0.5, 0.6) is 0 Å². The molecule has 0 bridgehead atoms. The Morgan fingerprint density at radius 1 is 1.73 bits per heavy atom. The molecular formula is C9H17N5O. The number of aliphatic imine (C=N–C) groups is 1. The number of rotatable bonds is 2. The Hall–Kier alpha value is -1.59. The number of guanidine groups is 2. The molecule has 1 saturated heterocycles. The molecule has 1 aliphatic rings. The average Bonchev–Trinajstić information content (AvgIpc) is 2.31. The molecule has 1 fully saturated rings. The Labute approximate surface area is 89.0 Å². The molecule has 0 aromatic heterocycles. The van der Waals surface area contributed by atoms with Crippen LogP contribution in [0.4, 0.5) is 0 Å². The van der Waals surface area contributed by atoms with Crippen LogP contribution in [0, 0.1) is 11.3 Å². The molecule has 0 unspecified atom stereocenters. The van der Waals surface area contributed by atoms with Gasteiger partial charge in [0.05, 0.1) is 0 Å². The van der Waals surface area contributed by atoms with Crippen LogP contribution in [0.2, 0.25) is 0 Å². The number of amides is 1. The number of nitrogens with zero attached hydrogens (tertiary/aromatic N) is 2. The number of nitrogens with two attached hydrogens (primary N) is 1. The molecule has 1 amide bonds. The van der Waals surface area contributed by atoms with Crippen LogP contribution < -0.4 is 11.1 Å². The van der Waals surface area contributed by atoms with Gasteiger partial charge in [-0.1, -0.05) is 13.8 Å². The third-order valence-corrected chi connectivity index (χ3v) is 2.26. The van der Waals surface area contributed by atoms with Crippen molar-refractivity contribution in [2.45, 2.75) is 26.3 Å². The van der Waals surface area contributed by atoms with Crippen molar-refractivity contribution < 1.29 is 4.79 Å². The Bertz CT molecular complexity index is 310. The molecule has 0 spiro atoms. The number of hydrogen-bond acceptors (Lipinski definition) is 2. The molecule has 0 aromatic carbocycles. The van der Waals surface area contributed by atoms with E-state index >= 15 is 0 Å². The Morgan fingerprint density at radius 2 is 2.33 bits per heavy atom. The van der Waals surface area contributed by atoms with E-state index in [9.17, 15) is 4.79 Å². The van der Waals surface area contributed by atoms with Gasteiger partial charge in [-0.25, -0.2) is 0 Å². The van der Waals surface area contributed by atoms with Crippen LogP contribution in [0.1, 0.15) is 20.3 Å². The van der Waals surface area contributed by atoms with Crippen LogP contribution in [0.3, 0.4) is 0 Å². The second kappa shape index (κ2) is 4.29. The van der Waals surface area contributed by atoms with Gasteiger partial charge >= 0.3 is 0 Å². The second-order valence-electron chi connectivity index (χ2n) is 4.07. The van der Waals surface area contributed by atoms with Crippen molar-refractivity contribution >= 4 is 17.8 Å². The van der Waals surface area contributed by atoms with Crippen molar-refractivity contribution in [3.05, 3.63) is 0 Å². The highest BCUT2D eigenvalue weighted by molar-refractivity contribution is 6.09. The van der Waals surface area contributed by atoms with Crippen LogP contribution in [0.15, 0.2) is 4.99 Å². The van der Waals surface area contributed by atoms with Crippen molar-refractivity contribution in [3.8, 4) is 0 Å². The first-order valence-electron chi connectivity index (χ1n) is 4.88. The third kappa shape index (κ3) is 2.68. The summed E-state index contributed by atoms with van der Waals surface area (Å²) in [5, 5.41) is 9.64. The van der Waals surface area contributed by atoms with Crippen molar-refractivity contribution in [2.24, 2.45) is 16.6 Å². The van der Waals surface area contributed by atoms with Crippen LogP contribution in [-0.4, -0.2) is 35.8 Å². The van der Waals surface area contributed by atoms with E-state index in [4.69, 9.17) is 11.1 Å². The van der Waals surface area contributed by atoms with Crippen molar-refractivity contribution in [2.75, 3.05) is 7.05 Å². The minimum atomic E-state index is -0.303. The number of carbonyl (C=O) groups excluding carboxylic acids is 1. The van der Waals surface area contributed by atoms with E-state index in [-0.39, 0.29) is 17.9 Å². The molecule has 4 N–H and O–H groups in total. The van der Waals surface area contributed by atoms with Gasteiger partial charge in [-0.05, 0) is 12.3 Å². The first-order chi connectivity index (χ1) is 6.91. The Balaban J connectivity index is 2.79. The largest absolute Gasteiger partial charge is 0.368 e. The van der Waals surface area contributed by atoms with Gasteiger partial charge < -0.3 is 10.6 Å². The lowest BCUT2D eigenvalue weighted by Gasteiger charge is -2.19. The van der Waals surface area contributed by atoms with Gasteiger partial charge in [0.1, 0.15) is 6.04 Å². The van der Waals surface area contributed by atoms with E-state index in [2.05, 4.69) is 24.2 Å². The third-order valence-electron chi connectivity index (χ3n) is 2.26. The number of hydrogen-bond donors (Lipinski definition) is 3. The fourth-order valence-electron chi connectivity index (χ4n) is 1.54. The standard InChI is InChI=1S/C9H17N5O/c1-5(2)4-6-7(15)12-9(14(6)3)13-8(10)11/h5-6H,4H2,1-3H3,(H4,10,11,12,13,15)/t6-/m0/s1. The van der Waals surface area contributed by atoms with E-state index in [1.807, 2.05) is 0 Å². The number of nitrogens with one attached hydrogen (secondary N) is 2. The van der Waals surface area contributed by atoms with Gasteiger partial charge in [0, 0.05) is 7.05 Å². The summed E-state index contributed by atoms with van der Waals surface area (Å²) in [5.74, 6) is 0.409. The highest BCUT2D eigenvalue weighted by Gasteiger charge is 2.34. The molecule has 6 nitrogen and oxygen atoms in total. The lowest BCUT2D eigenvalue weighted by atomic mass is 10.0. The second-order valence-corrected chi connectivity index (χ2v) is 4.07. The quantitative estimate of drug-likeness (QED) is 0.433. The zero-order valence-corrected chi connectivity index (χ0v) is 9.24. The fourth-order valence-corrected chi connectivity index (χ4v) is 1.54. The molecule has 0 aromatic rings. The van der Waals surface area contributed by atoms with Gasteiger partial charge in [0.15, 0.2) is 0 Å². The van der Waals surface area contributed by atoms with Gasteiger partial charge in [0.2, 0.25) is 17.8 Å². The van der Waals surface area contributed by atoms with Gasteiger partial charge in [-0.15, -0.1) is 0 Å². The molecule has 0 radical (unpaired) electrons. The summed E-state index contributed by atoms with van der Waals surface area (Å²) in [7, 11) is 1.77. The normalized spacial score (nSPS) is 23.7. The van der Waals surface area contributed by atoms with Crippen LogP contribution in [0.25, 0.3) is 0 Å². The van der Waals surface area contributed by atoms with E-state index in [1.165, 1.54) is 0 Å². The topological polar surface area (TPSA) is 94.6 Å². The Morgan fingerprint density at radius 3 is 2.80 bits per heavy atom. The highest BCUT2D eigenvalue weighted by Crippen LogP contribution is 2.14. The molecular weight excluding hydrogens is 194 g/mol. The van der Waals surface area contributed by atoms with Crippen LogP contribution in [-0.2, 0) is 4.79 Å². The molecule has 84 valence electrons. The van der Waals surface area contributed by atoms with Crippen molar-refractivity contribution in [1.29, 1.82) is 5.41 Å². The maximum atomic E-state index is 11.6. The van der Waals surface area contributed by atoms with E-state index in [0.29, 0.717) is 11.9 Å². The molecule has 0 saturated carbocycles. The predicted octanol–water partition coefficient (Wildman–Crippen LogP) is -0.288. The minimum Gasteiger partial charge on any atom is -0.368 e. The van der Waals surface area contributed by atoms with Gasteiger partial charge in [-0.3, -0.25) is 15.5 Å². The van der Waals surface area contributed by atoms with E-state index in [0.717, 1.165) is 6.42 Å². The summed E-state index contributed by atoms with van der Waals surface area (Å²) in [6.45, 7) is 4.11. The molecule has 1 heterocycles. The summed E-state index contributed by atoms with van der Waals surface area (Å²) < 4.78 is 0. The fraction of sp³-hybridized carbons (Fsp3) is 0.667. The van der Waals surface area contributed by atoms with E-state index < -0.39 is 0 Å². The Kier molecular flexibility index (Phi) is 3.28. The maximum Gasteiger partial charge on any atom is 0.249 e. The first kappa shape index (κ1) is 11.5. The zero-order chi connectivity index (χ0) is 11.6. The molecule has 0 aliphatic carbocycles. The molecule has 1 atom stereocenters. The number of likely N-dealkylation sites (N-methyl/N-ethyl adjacent to an activating group) is 1. The molecule has 1 aliphatic heterocycles. The maximum absolute atomic E-state index is 11.6. The lowest BCUT2D eigenvalue weighted by molar-refractivity contribution is -0.121. The van der Waals surface area contributed by atoms with Gasteiger partial charge in [0.25, 0.3) is 0 Å². The summed E-state index contributed by atoms with van der Waals surface area (Å²) in [5.41, 5.74) is 5.14. The molecule has 1 rings (SSSR count). The highest BCUT2D eigenvalue weighted by atomic mass is 16.2. The minimum absolute atomic E-state index is 0.0776. The molecule has 15 heavy (non-hydrogen) atoms. The lowest BCUT2D eigenvalue weighted by Crippen LogP contribution is -2.33. The van der Waals surface area contributed by atoms with E-state index in [1.54, 1.807) is 11.9 Å². The number of carbonyl (C=O) groups is 1.